The van der Waals surface area contributed by atoms with Crippen LogP contribution in [-0.4, -0.2) is 14.5 Å². The average molecular weight is 596 g/mol. The number of aromatic nitrogens is 3. The van der Waals surface area contributed by atoms with Gasteiger partial charge in [0.05, 0.1) is 22.2 Å². The first-order valence-corrected chi connectivity index (χ1v) is 16.1. The molecule has 0 atom stereocenters. The van der Waals surface area contributed by atoms with Crippen LogP contribution in [0.2, 0.25) is 0 Å². The zero-order valence-electron chi connectivity index (χ0n) is 25.3. The molecule has 3 heteroatoms. The molecule has 11 aromatic rings. The third kappa shape index (κ3) is 3.30. The number of para-hydroxylation sites is 1. The van der Waals surface area contributed by atoms with Crippen LogP contribution in [0.15, 0.2) is 152 Å². The number of benzene rings is 9. The van der Waals surface area contributed by atoms with Crippen LogP contribution in [0.4, 0.5) is 0 Å². The summed E-state index contributed by atoms with van der Waals surface area (Å²) < 4.78 is 2.30. The van der Waals surface area contributed by atoms with Gasteiger partial charge >= 0.3 is 0 Å². The van der Waals surface area contributed by atoms with E-state index in [9.17, 15) is 0 Å². The van der Waals surface area contributed by atoms with E-state index in [0.29, 0.717) is 5.95 Å². The molecule has 0 aliphatic carbocycles. The second kappa shape index (κ2) is 9.12. The molecular weight excluding hydrogens is 571 g/mol. The maximum Gasteiger partial charge on any atom is 0.235 e. The smallest absolute Gasteiger partial charge is 0.235 e. The van der Waals surface area contributed by atoms with Crippen molar-refractivity contribution in [3.63, 3.8) is 0 Å². The highest BCUT2D eigenvalue weighted by Crippen LogP contribution is 2.46. The van der Waals surface area contributed by atoms with Crippen LogP contribution in [-0.2, 0) is 0 Å². The van der Waals surface area contributed by atoms with E-state index in [1.807, 2.05) is 0 Å². The van der Waals surface area contributed by atoms with E-state index in [4.69, 9.17) is 9.97 Å². The number of hydrogen-bond acceptors (Lipinski definition) is 2. The summed E-state index contributed by atoms with van der Waals surface area (Å²) in [5, 5.41) is 16.0. The largest absolute Gasteiger partial charge is 0.278 e. The summed E-state index contributed by atoms with van der Waals surface area (Å²) >= 11 is 0. The molecule has 3 nitrogen and oxygen atoms in total. The summed E-state index contributed by atoms with van der Waals surface area (Å²) in [5.74, 6) is 0.681. The van der Waals surface area contributed by atoms with E-state index < -0.39 is 0 Å². The summed E-state index contributed by atoms with van der Waals surface area (Å²) in [7, 11) is 0. The van der Waals surface area contributed by atoms with Gasteiger partial charge < -0.3 is 0 Å². The maximum absolute atomic E-state index is 5.53. The van der Waals surface area contributed by atoms with E-state index >= 15 is 0 Å². The fraction of sp³-hybridized carbons (Fsp3) is 0. The topological polar surface area (TPSA) is 30.7 Å². The first-order valence-electron chi connectivity index (χ1n) is 16.1. The van der Waals surface area contributed by atoms with Crippen LogP contribution in [0.3, 0.4) is 0 Å². The Hall–Kier alpha value is -6.32. The molecule has 0 saturated carbocycles. The average Bonchev–Trinajstić information content (AvgIpc) is 3.47. The van der Waals surface area contributed by atoms with Crippen LogP contribution in [0.25, 0.3) is 104 Å². The molecule has 0 unspecified atom stereocenters. The molecular formula is C44H25N3. The molecule has 0 N–H and O–H groups in total. The standard InChI is InChI=1S/C44H25N3/c1-3-14-28-26(12-1)24-36(31-17-6-5-16-30(28)31)43-35-20-9-10-22-37(35)45-44(46-43)47-38-23-11-21-34-32-18-7-8-19-33(32)40-29-15-4-2-13-27(29)25-39(47)42(40)41(34)38/h1-25H. The minimum absolute atomic E-state index is 0.681. The Bertz CT molecular complexity index is 3070. The van der Waals surface area contributed by atoms with Crippen molar-refractivity contribution in [3.05, 3.63) is 152 Å². The molecule has 9 aromatic carbocycles. The second-order valence-electron chi connectivity index (χ2n) is 12.5. The molecule has 0 bridgehead atoms. The third-order valence-corrected chi connectivity index (χ3v) is 10.1. The minimum Gasteiger partial charge on any atom is -0.278 e. The molecule has 216 valence electrons. The highest BCUT2D eigenvalue weighted by atomic mass is 15.2. The molecule has 0 aliphatic heterocycles. The van der Waals surface area contributed by atoms with Crippen molar-refractivity contribution in [1.29, 1.82) is 0 Å². The molecule has 11 rings (SSSR count). The quantitative estimate of drug-likeness (QED) is 0.186. The van der Waals surface area contributed by atoms with Crippen LogP contribution < -0.4 is 0 Å². The van der Waals surface area contributed by atoms with Crippen molar-refractivity contribution in [3.8, 4) is 17.2 Å². The van der Waals surface area contributed by atoms with Crippen LogP contribution >= 0.6 is 0 Å². The van der Waals surface area contributed by atoms with Gasteiger partial charge in [0.1, 0.15) is 0 Å². The van der Waals surface area contributed by atoms with E-state index in [2.05, 4.69) is 156 Å². The summed E-state index contributed by atoms with van der Waals surface area (Å²) in [5.41, 5.74) is 5.23. The van der Waals surface area contributed by atoms with E-state index in [0.717, 1.165) is 33.2 Å². The lowest BCUT2D eigenvalue weighted by Crippen LogP contribution is -2.03. The Morgan fingerprint density at radius 3 is 1.74 bits per heavy atom. The van der Waals surface area contributed by atoms with Crippen molar-refractivity contribution in [2.75, 3.05) is 0 Å². The Labute approximate surface area is 269 Å². The van der Waals surface area contributed by atoms with Gasteiger partial charge in [-0.2, -0.15) is 0 Å². The van der Waals surface area contributed by atoms with Gasteiger partial charge in [0, 0.05) is 27.1 Å². The Balaban J connectivity index is 1.34. The van der Waals surface area contributed by atoms with Gasteiger partial charge in [0.2, 0.25) is 5.95 Å². The third-order valence-electron chi connectivity index (χ3n) is 10.1. The molecule has 0 saturated heterocycles. The van der Waals surface area contributed by atoms with Crippen molar-refractivity contribution >= 4 is 86.6 Å². The molecule has 2 aromatic heterocycles. The summed E-state index contributed by atoms with van der Waals surface area (Å²) in [6.45, 7) is 0. The zero-order chi connectivity index (χ0) is 30.6. The first kappa shape index (κ1) is 24.9. The maximum atomic E-state index is 5.53. The van der Waals surface area contributed by atoms with Crippen LogP contribution in [0, 0.1) is 0 Å². The highest BCUT2D eigenvalue weighted by Gasteiger charge is 2.24. The molecule has 0 amide bonds. The molecule has 2 heterocycles. The molecule has 0 spiro atoms. The normalized spacial score (nSPS) is 12.3. The van der Waals surface area contributed by atoms with Crippen LogP contribution in [0.1, 0.15) is 0 Å². The first-order chi connectivity index (χ1) is 23.3. The van der Waals surface area contributed by atoms with Crippen molar-refractivity contribution in [1.82, 2.24) is 14.5 Å². The fourth-order valence-electron chi connectivity index (χ4n) is 8.16. The summed E-state index contributed by atoms with van der Waals surface area (Å²) in [6.07, 6.45) is 0. The second-order valence-corrected chi connectivity index (χ2v) is 12.5. The molecule has 0 radical (unpaired) electrons. The van der Waals surface area contributed by atoms with Crippen LogP contribution in [0.5, 0.6) is 0 Å². The van der Waals surface area contributed by atoms with Gasteiger partial charge in [0.15, 0.2) is 0 Å². The van der Waals surface area contributed by atoms with E-state index in [-0.39, 0.29) is 0 Å². The summed E-state index contributed by atoms with van der Waals surface area (Å²) in [4.78, 5) is 10.8. The van der Waals surface area contributed by atoms with Crippen molar-refractivity contribution < 1.29 is 0 Å². The predicted octanol–water partition coefficient (Wildman–Crippen LogP) is 11.6. The predicted molar refractivity (Wildman–Crippen MR) is 198 cm³/mol. The van der Waals surface area contributed by atoms with Gasteiger partial charge in [0.25, 0.3) is 0 Å². The lowest BCUT2D eigenvalue weighted by Gasteiger charge is -2.15. The Morgan fingerprint density at radius 1 is 0.362 bits per heavy atom. The monoisotopic (exact) mass is 595 g/mol. The summed E-state index contributed by atoms with van der Waals surface area (Å²) in [6, 6.07) is 54.6. The van der Waals surface area contributed by atoms with E-state index in [1.54, 1.807) is 0 Å². The van der Waals surface area contributed by atoms with Gasteiger partial charge in [-0.25, -0.2) is 9.97 Å². The van der Waals surface area contributed by atoms with Gasteiger partial charge in [-0.3, -0.25) is 4.57 Å². The van der Waals surface area contributed by atoms with Gasteiger partial charge in [-0.1, -0.05) is 127 Å². The van der Waals surface area contributed by atoms with Crippen molar-refractivity contribution in [2.24, 2.45) is 0 Å². The zero-order valence-corrected chi connectivity index (χ0v) is 25.3. The molecule has 0 fully saturated rings. The number of rotatable bonds is 2. The lowest BCUT2D eigenvalue weighted by atomic mass is 9.91. The number of nitrogens with zero attached hydrogens (tertiary/aromatic N) is 3. The van der Waals surface area contributed by atoms with E-state index in [1.165, 1.54) is 64.6 Å². The minimum atomic E-state index is 0.681. The van der Waals surface area contributed by atoms with Gasteiger partial charge in [-0.05, 0) is 72.7 Å². The molecule has 0 aliphatic rings. The lowest BCUT2D eigenvalue weighted by molar-refractivity contribution is 1.02. The van der Waals surface area contributed by atoms with Gasteiger partial charge in [-0.15, -0.1) is 0 Å². The Kier molecular flexibility index (Phi) is 4.84. The fourth-order valence-corrected chi connectivity index (χ4v) is 8.16. The molecule has 47 heavy (non-hydrogen) atoms. The SMILES string of the molecule is c1ccc2c(c1)cc(-c1nc(-n3c4cccc5c6ccccc6c6c7ccccc7cc3c6c54)nc3ccccc13)c1ccccc12. The van der Waals surface area contributed by atoms with Crippen molar-refractivity contribution in [2.45, 2.75) is 0 Å². The Morgan fingerprint density at radius 2 is 0.936 bits per heavy atom. The number of hydrogen-bond donors (Lipinski definition) is 0. The highest BCUT2D eigenvalue weighted by molar-refractivity contribution is 6.39. The number of fused-ring (bicyclic) bond motifs is 9.